The standard InChI is InChI=1S/C10H7N3/c11-6-3-7-13-8-12-9-4-1-2-5-10(9)13/h1-5,7-8H. The molecule has 0 amide bonds. The number of allylic oxidation sites excluding steroid dienone is 1. The van der Waals surface area contributed by atoms with Crippen molar-refractivity contribution in [1.82, 2.24) is 9.55 Å². The molecule has 0 aliphatic heterocycles. The molecule has 0 aliphatic carbocycles. The number of nitriles is 1. The van der Waals surface area contributed by atoms with Crippen molar-refractivity contribution < 1.29 is 0 Å². The fourth-order valence-electron chi connectivity index (χ4n) is 1.21. The van der Waals surface area contributed by atoms with Gasteiger partial charge in [0.25, 0.3) is 0 Å². The first-order valence-corrected chi connectivity index (χ1v) is 3.89. The molecule has 0 fully saturated rings. The molecule has 0 saturated heterocycles. The Morgan fingerprint density at radius 2 is 2.23 bits per heavy atom. The van der Waals surface area contributed by atoms with E-state index in [4.69, 9.17) is 5.26 Å². The van der Waals surface area contributed by atoms with Gasteiger partial charge in [-0.1, -0.05) is 12.1 Å². The molecule has 62 valence electrons. The van der Waals surface area contributed by atoms with Crippen LogP contribution < -0.4 is 0 Å². The van der Waals surface area contributed by atoms with Gasteiger partial charge in [0.05, 0.1) is 23.4 Å². The van der Waals surface area contributed by atoms with Gasteiger partial charge in [-0.15, -0.1) is 0 Å². The van der Waals surface area contributed by atoms with Crippen LogP contribution in [0.25, 0.3) is 17.2 Å². The van der Waals surface area contributed by atoms with Gasteiger partial charge in [-0.3, -0.25) is 0 Å². The molecule has 3 heteroatoms. The van der Waals surface area contributed by atoms with Crippen molar-refractivity contribution in [3.8, 4) is 6.07 Å². The predicted octanol–water partition coefficient (Wildman–Crippen LogP) is 2.03. The molecule has 1 heterocycles. The zero-order valence-corrected chi connectivity index (χ0v) is 6.88. The molecular formula is C10H7N3. The molecule has 0 spiro atoms. The Kier molecular flexibility index (Phi) is 1.81. The van der Waals surface area contributed by atoms with E-state index in [1.165, 1.54) is 6.08 Å². The van der Waals surface area contributed by atoms with Crippen LogP contribution in [0, 0.1) is 11.3 Å². The van der Waals surface area contributed by atoms with Crippen molar-refractivity contribution in [1.29, 1.82) is 5.26 Å². The van der Waals surface area contributed by atoms with Gasteiger partial charge < -0.3 is 4.57 Å². The summed E-state index contributed by atoms with van der Waals surface area (Å²) in [5, 5.41) is 8.37. The largest absolute Gasteiger partial charge is 0.305 e. The van der Waals surface area contributed by atoms with Gasteiger partial charge in [-0.05, 0) is 12.1 Å². The molecule has 0 saturated carbocycles. The third-order valence-corrected chi connectivity index (χ3v) is 1.79. The van der Waals surface area contributed by atoms with E-state index in [-0.39, 0.29) is 0 Å². The van der Waals surface area contributed by atoms with Gasteiger partial charge in [0.2, 0.25) is 0 Å². The highest BCUT2D eigenvalue weighted by atomic mass is 15.0. The van der Waals surface area contributed by atoms with E-state index in [2.05, 4.69) is 4.98 Å². The smallest absolute Gasteiger partial charge is 0.0999 e. The highest BCUT2D eigenvalue weighted by Crippen LogP contribution is 2.11. The fourth-order valence-corrected chi connectivity index (χ4v) is 1.21. The number of rotatable bonds is 1. The van der Waals surface area contributed by atoms with Crippen LogP contribution in [0.1, 0.15) is 0 Å². The number of para-hydroxylation sites is 2. The molecule has 0 aliphatic rings. The Morgan fingerprint density at radius 3 is 3.08 bits per heavy atom. The summed E-state index contributed by atoms with van der Waals surface area (Å²) in [6, 6.07) is 9.72. The average Bonchev–Trinajstić information content (AvgIpc) is 2.58. The lowest BCUT2D eigenvalue weighted by Gasteiger charge is -1.92. The third-order valence-electron chi connectivity index (χ3n) is 1.79. The first kappa shape index (κ1) is 7.56. The van der Waals surface area contributed by atoms with Crippen LogP contribution in [0.5, 0.6) is 0 Å². The summed E-state index contributed by atoms with van der Waals surface area (Å²) in [6.45, 7) is 0. The fraction of sp³-hybridized carbons (Fsp3) is 0. The summed E-state index contributed by atoms with van der Waals surface area (Å²) < 4.78 is 1.82. The summed E-state index contributed by atoms with van der Waals surface area (Å²) in [6.07, 6.45) is 4.81. The normalized spacial score (nSPS) is 10.7. The zero-order chi connectivity index (χ0) is 9.10. The Balaban J connectivity index is 2.59. The Morgan fingerprint density at radius 1 is 1.38 bits per heavy atom. The summed E-state index contributed by atoms with van der Waals surface area (Å²) in [4.78, 5) is 4.17. The maximum absolute atomic E-state index is 8.37. The van der Waals surface area contributed by atoms with Gasteiger partial charge in [0, 0.05) is 12.3 Å². The van der Waals surface area contributed by atoms with Crippen molar-refractivity contribution >= 4 is 17.2 Å². The van der Waals surface area contributed by atoms with Crippen LogP contribution in [0.2, 0.25) is 0 Å². The van der Waals surface area contributed by atoms with E-state index in [1.54, 1.807) is 12.5 Å². The van der Waals surface area contributed by atoms with Crippen molar-refractivity contribution in [3.05, 3.63) is 36.7 Å². The second-order valence-corrected chi connectivity index (χ2v) is 2.59. The van der Waals surface area contributed by atoms with Crippen molar-refractivity contribution in [2.24, 2.45) is 0 Å². The van der Waals surface area contributed by atoms with E-state index >= 15 is 0 Å². The van der Waals surface area contributed by atoms with Crippen molar-refractivity contribution in [2.75, 3.05) is 0 Å². The highest BCUT2D eigenvalue weighted by molar-refractivity contribution is 5.77. The number of imidazole rings is 1. The minimum atomic E-state index is 0.935. The number of aromatic nitrogens is 2. The number of nitrogens with zero attached hydrogens (tertiary/aromatic N) is 3. The lowest BCUT2D eigenvalue weighted by molar-refractivity contribution is 1.17. The predicted molar refractivity (Wildman–Crippen MR) is 50.7 cm³/mol. The van der Waals surface area contributed by atoms with E-state index < -0.39 is 0 Å². The molecular weight excluding hydrogens is 162 g/mol. The van der Waals surface area contributed by atoms with Gasteiger partial charge in [-0.25, -0.2) is 4.98 Å². The highest BCUT2D eigenvalue weighted by Gasteiger charge is 1.96. The van der Waals surface area contributed by atoms with E-state index in [0.29, 0.717) is 0 Å². The van der Waals surface area contributed by atoms with Gasteiger partial charge >= 0.3 is 0 Å². The van der Waals surface area contributed by atoms with Crippen molar-refractivity contribution in [2.45, 2.75) is 0 Å². The zero-order valence-electron chi connectivity index (χ0n) is 6.88. The van der Waals surface area contributed by atoms with Gasteiger partial charge in [0.1, 0.15) is 0 Å². The third kappa shape index (κ3) is 1.30. The number of hydrogen-bond acceptors (Lipinski definition) is 2. The summed E-state index contributed by atoms with van der Waals surface area (Å²) in [7, 11) is 0. The lowest BCUT2D eigenvalue weighted by Crippen LogP contribution is -1.80. The summed E-state index contributed by atoms with van der Waals surface area (Å²) in [5.74, 6) is 0. The molecule has 1 aromatic carbocycles. The second-order valence-electron chi connectivity index (χ2n) is 2.59. The topological polar surface area (TPSA) is 41.6 Å². The van der Waals surface area contributed by atoms with Crippen LogP contribution in [0.15, 0.2) is 36.7 Å². The number of benzene rings is 1. The maximum atomic E-state index is 8.37. The average molecular weight is 169 g/mol. The molecule has 13 heavy (non-hydrogen) atoms. The minimum Gasteiger partial charge on any atom is -0.305 e. The van der Waals surface area contributed by atoms with Gasteiger partial charge in [0.15, 0.2) is 0 Å². The molecule has 0 N–H and O–H groups in total. The van der Waals surface area contributed by atoms with Crippen molar-refractivity contribution in [3.63, 3.8) is 0 Å². The Labute approximate surface area is 75.5 Å². The maximum Gasteiger partial charge on any atom is 0.0999 e. The van der Waals surface area contributed by atoms with Crippen LogP contribution in [0.4, 0.5) is 0 Å². The molecule has 2 rings (SSSR count). The van der Waals surface area contributed by atoms with E-state index in [9.17, 15) is 0 Å². The quantitative estimate of drug-likeness (QED) is 0.613. The number of fused-ring (bicyclic) bond motifs is 1. The van der Waals surface area contributed by atoms with E-state index in [0.717, 1.165) is 11.0 Å². The van der Waals surface area contributed by atoms with E-state index in [1.807, 2.05) is 34.9 Å². The first-order valence-electron chi connectivity index (χ1n) is 3.89. The number of hydrogen-bond donors (Lipinski definition) is 0. The second kappa shape index (κ2) is 3.11. The first-order chi connectivity index (χ1) is 6.42. The molecule has 0 unspecified atom stereocenters. The lowest BCUT2D eigenvalue weighted by atomic mass is 10.3. The molecule has 2 aromatic rings. The van der Waals surface area contributed by atoms with Crippen LogP contribution in [-0.4, -0.2) is 9.55 Å². The SMILES string of the molecule is N#CC=Cn1cnc2ccccc21. The molecule has 0 bridgehead atoms. The van der Waals surface area contributed by atoms with Crippen LogP contribution in [0.3, 0.4) is 0 Å². The molecule has 0 atom stereocenters. The van der Waals surface area contributed by atoms with Crippen LogP contribution in [-0.2, 0) is 0 Å². The Hall–Kier alpha value is -2.08. The molecule has 3 nitrogen and oxygen atoms in total. The monoisotopic (exact) mass is 169 g/mol. The Bertz CT molecular complexity index is 488. The summed E-state index contributed by atoms with van der Waals surface area (Å²) >= 11 is 0. The molecule has 0 radical (unpaired) electrons. The van der Waals surface area contributed by atoms with Crippen LogP contribution >= 0.6 is 0 Å². The van der Waals surface area contributed by atoms with Gasteiger partial charge in [-0.2, -0.15) is 5.26 Å². The molecule has 1 aromatic heterocycles. The summed E-state index contributed by atoms with van der Waals surface area (Å²) in [5.41, 5.74) is 1.94. The minimum absolute atomic E-state index is 0.935.